The lowest BCUT2D eigenvalue weighted by Crippen LogP contribution is -2.63. The van der Waals surface area contributed by atoms with Gasteiger partial charge in [-0.25, -0.2) is 0 Å². The molecule has 3 amide bonds. The summed E-state index contributed by atoms with van der Waals surface area (Å²) in [5.41, 5.74) is 0.677. The van der Waals surface area contributed by atoms with E-state index in [2.05, 4.69) is 27.9 Å². The van der Waals surface area contributed by atoms with Gasteiger partial charge >= 0.3 is 0 Å². The molecule has 35 heavy (non-hydrogen) atoms. The minimum atomic E-state index is -1.07. The number of nitrogens with zero attached hydrogens (tertiary/aromatic N) is 3. The summed E-state index contributed by atoms with van der Waals surface area (Å²) in [5.74, 6) is -0.784. The van der Waals surface area contributed by atoms with Gasteiger partial charge in [0.25, 0.3) is 11.8 Å². The number of rotatable bonds is 7. The van der Waals surface area contributed by atoms with Gasteiger partial charge in [0, 0.05) is 25.2 Å². The molecule has 1 aliphatic heterocycles. The first-order chi connectivity index (χ1) is 16.8. The second-order valence-corrected chi connectivity index (χ2v) is 10.3. The van der Waals surface area contributed by atoms with Crippen LogP contribution in [0.1, 0.15) is 85.3 Å². The van der Waals surface area contributed by atoms with Crippen molar-refractivity contribution in [1.82, 2.24) is 25.3 Å². The van der Waals surface area contributed by atoms with E-state index in [0.29, 0.717) is 5.69 Å². The number of likely N-dealkylation sites (N-methyl/N-ethyl adjacent to an activating group) is 1. The molecule has 8 heteroatoms. The Morgan fingerprint density at radius 2 is 1.83 bits per heavy atom. The molecule has 1 saturated carbocycles. The molecule has 1 aromatic carbocycles. The third-order valence-electron chi connectivity index (χ3n) is 7.50. The van der Waals surface area contributed by atoms with Gasteiger partial charge in [-0.2, -0.15) is 5.10 Å². The van der Waals surface area contributed by atoms with Crippen molar-refractivity contribution in [3.8, 4) is 0 Å². The van der Waals surface area contributed by atoms with E-state index >= 15 is 0 Å². The van der Waals surface area contributed by atoms with Crippen molar-refractivity contribution in [2.45, 2.75) is 89.4 Å². The lowest BCUT2D eigenvalue weighted by atomic mass is 9.95. The van der Waals surface area contributed by atoms with Crippen molar-refractivity contribution in [2.24, 2.45) is 0 Å². The molecule has 8 nitrogen and oxygen atoms in total. The summed E-state index contributed by atoms with van der Waals surface area (Å²) in [6.45, 7) is 3.94. The highest BCUT2D eigenvalue weighted by atomic mass is 16.2. The van der Waals surface area contributed by atoms with Gasteiger partial charge < -0.3 is 15.5 Å². The molecule has 2 aliphatic rings. The summed E-state index contributed by atoms with van der Waals surface area (Å²) in [7, 11) is 1.65. The number of amides is 3. The number of carbonyl (C=O) groups excluding carboxylic acids is 3. The maximum atomic E-state index is 13.3. The second kappa shape index (κ2) is 10.6. The maximum Gasteiger partial charge on any atom is 0.272 e. The van der Waals surface area contributed by atoms with Crippen LogP contribution in [0.2, 0.25) is 0 Å². The molecule has 0 unspecified atom stereocenters. The Labute approximate surface area is 207 Å². The minimum absolute atomic E-state index is 0.0459. The summed E-state index contributed by atoms with van der Waals surface area (Å²) in [4.78, 5) is 40.8. The highest BCUT2D eigenvalue weighted by Crippen LogP contribution is 2.27. The van der Waals surface area contributed by atoms with Crippen molar-refractivity contribution >= 4 is 17.7 Å². The SMILES string of the molecule is C[C@@H](CCc1ccccc1)NC(=O)c1cc2n(n1)C[C@@](C)(C(=O)NC1CCCCCC1)N(C)C2=O. The molecule has 2 atom stereocenters. The topological polar surface area (TPSA) is 96.3 Å². The highest BCUT2D eigenvalue weighted by molar-refractivity contribution is 6.01. The number of hydrogen-bond donors (Lipinski definition) is 2. The fourth-order valence-electron chi connectivity index (χ4n) is 5.00. The molecule has 1 fully saturated rings. The number of aromatic nitrogens is 2. The summed E-state index contributed by atoms with van der Waals surface area (Å²) >= 11 is 0. The zero-order valence-corrected chi connectivity index (χ0v) is 21.0. The Morgan fingerprint density at radius 1 is 1.14 bits per heavy atom. The Hall–Kier alpha value is -3.16. The smallest absolute Gasteiger partial charge is 0.272 e. The van der Waals surface area contributed by atoms with Gasteiger partial charge in [0.2, 0.25) is 5.91 Å². The van der Waals surface area contributed by atoms with Crippen LogP contribution in [0, 0.1) is 0 Å². The van der Waals surface area contributed by atoms with E-state index in [-0.39, 0.29) is 42.0 Å². The Balaban J connectivity index is 1.41. The molecule has 4 rings (SSSR count). The molecule has 2 N–H and O–H groups in total. The first-order valence-electron chi connectivity index (χ1n) is 12.8. The van der Waals surface area contributed by atoms with Gasteiger partial charge in [-0.05, 0) is 45.1 Å². The highest BCUT2D eigenvalue weighted by Gasteiger charge is 2.46. The van der Waals surface area contributed by atoms with Crippen LogP contribution >= 0.6 is 0 Å². The van der Waals surface area contributed by atoms with Gasteiger partial charge in [-0.15, -0.1) is 0 Å². The Bertz CT molecular complexity index is 1060. The number of nitrogens with one attached hydrogen (secondary N) is 2. The van der Waals surface area contributed by atoms with Gasteiger partial charge in [0.05, 0.1) is 6.54 Å². The van der Waals surface area contributed by atoms with E-state index < -0.39 is 5.54 Å². The first-order valence-corrected chi connectivity index (χ1v) is 12.8. The second-order valence-electron chi connectivity index (χ2n) is 10.3. The average Bonchev–Trinajstić information content (AvgIpc) is 3.10. The molecule has 2 heterocycles. The monoisotopic (exact) mass is 479 g/mol. The van der Waals surface area contributed by atoms with Crippen LogP contribution in [0.5, 0.6) is 0 Å². The van der Waals surface area contributed by atoms with Crippen molar-refractivity contribution in [3.63, 3.8) is 0 Å². The van der Waals surface area contributed by atoms with Gasteiger partial charge in [0.1, 0.15) is 11.2 Å². The summed E-state index contributed by atoms with van der Waals surface area (Å²) in [6.07, 6.45) is 8.23. The third-order valence-corrected chi connectivity index (χ3v) is 7.50. The van der Waals surface area contributed by atoms with Crippen LogP contribution in [-0.4, -0.2) is 57.1 Å². The van der Waals surface area contributed by atoms with E-state index in [1.165, 1.54) is 34.1 Å². The molecule has 1 aromatic heterocycles. The minimum Gasteiger partial charge on any atom is -0.351 e. The molecular weight excluding hydrogens is 442 g/mol. The largest absolute Gasteiger partial charge is 0.351 e. The van der Waals surface area contributed by atoms with Crippen LogP contribution in [-0.2, 0) is 17.8 Å². The molecule has 0 spiro atoms. The number of fused-ring (bicyclic) bond motifs is 1. The lowest BCUT2D eigenvalue weighted by molar-refractivity contribution is -0.133. The molecule has 0 saturated heterocycles. The van der Waals surface area contributed by atoms with Crippen LogP contribution in [0.15, 0.2) is 36.4 Å². The molecule has 188 valence electrons. The van der Waals surface area contributed by atoms with E-state index in [1.807, 2.05) is 25.1 Å². The van der Waals surface area contributed by atoms with Gasteiger partial charge in [0.15, 0.2) is 5.69 Å². The van der Waals surface area contributed by atoms with Crippen molar-refractivity contribution in [2.75, 3.05) is 7.05 Å². The van der Waals surface area contributed by atoms with Crippen molar-refractivity contribution < 1.29 is 14.4 Å². The quantitative estimate of drug-likeness (QED) is 0.596. The summed E-state index contributed by atoms with van der Waals surface area (Å²) in [6, 6.07) is 11.8. The molecule has 0 radical (unpaired) electrons. The van der Waals surface area contributed by atoms with E-state index in [9.17, 15) is 14.4 Å². The number of benzene rings is 1. The van der Waals surface area contributed by atoms with Gasteiger partial charge in [-0.3, -0.25) is 19.1 Å². The predicted molar refractivity (Wildman–Crippen MR) is 134 cm³/mol. The number of aryl methyl sites for hydroxylation is 1. The van der Waals surface area contributed by atoms with Crippen molar-refractivity contribution in [3.05, 3.63) is 53.3 Å². The van der Waals surface area contributed by atoms with E-state index in [4.69, 9.17) is 0 Å². The Morgan fingerprint density at radius 3 is 2.51 bits per heavy atom. The van der Waals surface area contributed by atoms with E-state index in [0.717, 1.165) is 38.5 Å². The van der Waals surface area contributed by atoms with Crippen LogP contribution in [0.3, 0.4) is 0 Å². The number of hydrogen-bond acceptors (Lipinski definition) is 4. The number of carbonyl (C=O) groups is 3. The maximum absolute atomic E-state index is 13.3. The summed E-state index contributed by atoms with van der Waals surface area (Å²) in [5, 5.41) is 10.6. The first kappa shape index (κ1) is 24.9. The normalized spacial score (nSPS) is 21.7. The zero-order valence-electron chi connectivity index (χ0n) is 21.0. The van der Waals surface area contributed by atoms with Crippen LogP contribution in [0.4, 0.5) is 0 Å². The van der Waals surface area contributed by atoms with Crippen LogP contribution < -0.4 is 10.6 Å². The zero-order chi connectivity index (χ0) is 25.0. The summed E-state index contributed by atoms with van der Waals surface area (Å²) < 4.78 is 1.51. The lowest BCUT2D eigenvalue weighted by Gasteiger charge is -2.41. The van der Waals surface area contributed by atoms with Gasteiger partial charge in [-0.1, -0.05) is 56.0 Å². The predicted octanol–water partition coefficient (Wildman–Crippen LogP) is 3.32. The molecular formula is C27H37N5O3. The standard InChI is InChI=1S/C27H37N5O3/c1-19(15-16-20-11-7-6-8-12-20)28-24(33)22-17-23-25(34)31(3)27(2,18-32(23)30-22)26(35)29-21-13-9-4-5-10-14-21/h6-8,11-12,17,19,21H,4-5,9-10,13-16,18H2,1-3H3,(H,28,33)(H,29,35)/t19-,27-/m0/s1. The fraction of sp³-hybridized carbons (Fsp3) is 0.556. The average molecular weight is 480 g/mol. The molecule has 2 aromatic rings. The van der Waals surface area contributed by atoms with E-state index in [1.54, 1.807) is 14.0 Å². The third kappa shape index (κ3) is 5.57. The molecule has 1 aliphatic carbocycles. The van der Waals surface area contributed by atoms with Crippen LogP contribution in [0.25, 0.3) is 0 Å². The fourth-order valence-corrected chi connectivity index (χ4v) is 5.00. The Kier molecular flexibility index (Phi) is 7.57. The molecule has 0 bridgehead atoms. The van der Waals surface area contributed by atoms with Crippen molar-refractivity contribution in [1.29, 1.82) is 0 Å².